The normalized spacial score (nSPS) is 21.6. The predicted octanol–water partition coefficient (Wildman–Crippen LogP) is 3.09. The number of hydrogen-bond acceptors (Lipinski definition) is 5. The summed E-state index contributed by atoms with van der Waals surface area (Å²) in [5, 5.41) is 25.2. The topological polar surface area (TPSA) is 119 Å². The van der Waals surface area contributed by atoms with E-state index in [-0.39, 0.29) is 35.3 Å². The van der Waals surface area contributed by atoms with E-state index >= 15 is 8.78 Å². The molecule has 0 radical (unpaired) electrons. The number of halogens is 3. The van der Waals surface area contributed by atoms with E-state index in [4.69, 9.17) is 11.6 Å². The van der Waals surface area contributed by atoms with Gasteiger partial charge >= 0.3 is 5.92 Å². The average molecular weight is 496 g/mol. The van der Waals surface area contributed by atoms with Crippen LogP contribution in [0.25, 0.3) is 0 Å². The second kappa shape index (κ2) is 10.4. The van der Waals surface area contributed by atoms with Gasteiger partial charge in [0.15, 0.2) is 5.60 Å². The van der Waals surface area contributed by atoms with Crippen molar-refractivity contribution in [3.05, 3.63) is 34.9 Å². The number of carbonyl (C=O) groups is 3. The number of nitrogens with zero attached hydrogens (tertiary/aromatic N) is 1. The summed E-state index contributed by atoms with van der Waals surface area (Å²) in [7, 11) is 0. The smallest absolute Gasteiger partial charge is 0.337 e. The Labute approximate surface area is 201 Å². The third-order valence-corrected chi connectivity index (χ3v) is 6.96. The summed E-state index contributed by atoms with van der Waals surface area (Å²) >= 11 is 5.98. The van der Waals surface area contributed by atoms with Crippen LogP contribution in [0.1, 0.15) is 51.0 Å². The van der Waals surface area contributed by atoms with Crippen molar-refractivity contribution in [2.24, 2.45) is 17.8 Å². The van der Waals surface area contributed by atoms with E-state index in [1.807, 2.05) is 6.07 Å². The third kappa shape index (κ3) is 5.73. The lowest BCUT2D eigenvalue weighted by atomic mass is 9.83. The first-order valence-corrected chi connectivity index (χ1v) is 11.7. The number of ketones is 1. The van der Waals surface area contributed by atoms with E-state index < -0.39 is 47.5 Å². The Morgan fingerprint density at radius 1 is 1.29 bits per heavy atom. The Morgan fingerprint density at radius 3 is 2.53 bits per heavy atom. The molecule has 1 aliphatic carbocycles. The maximum atomic E-state index is 15.2. The molecule has 3 N–H and O–H groups in total. The van der Waals surface area contributed by atoms with Gasteiger partial charge in [-0.05, 0) is 38.2 Å². The SMILES string of the molecule is CC(O)(c1ccccc1Cl)C(F)(F)C(=O)CC(CC1CC1)C(=O)NC(C#N)CC1CCNC1=O. The Kier molecular flexibility index (Phi) is 7.94. The molecule has 1 aliphatic heterocycles. The van der Waals surface area contributed by atoms with E-state index in [0.29, 0.717) is 13.0 Å². The van der Waals surface area contributed by atoms with Crippen LogP contribution < -0.4 is 10.6 Å². The average Bonchev–Trinajstić information content (AvgIpc) is 3.52. The number of aliphatic hydroxyl groups is 1. The van der Waals surface area contributed by atoms with E-state index in [0.717, 1.165) is 19.8 Å². The molecule has 10 heteroatoms. The van der Waals surface area contributed by atoms with Crippen LogP contribution in [0, 0.1) is 29.1 Å². The molecule has 1 saturated carbocycles. The number of alkyl halides is 2. The van der Waals surface area contributed by atoms with Crippen LogP contribution >= 0.6 is 11.6 Å². The molecule has 7 nitrogen and oxygen atoms in total. The van der Waals surface area contributed by atoms with Crippen molar-refractivity contribution in [1.29, 1.82) is 5.26 Å². The number of rotatable bonds is 11. The molecule has 4 atom stereocenters. The van der Waals surface area contributed by atoms with E-state index in [2.05, 4.69) is 10.6 Å². The van der Waals surface area contributed by atoms with Crippen LogP contribution in [0.2, 0.25) is 5.02 Å². The molecule has 0 aromatic heterocycles. The van der Waals surface area contributed by atoms with Crippen molar-refractivity contribution < 1.29 is 28.3 Å². The highest BCUT2D eigenvalue weighted by atomic mass is 35.5. The minimum Gasteiger partial charge on any atom is -0.379 e. The first kappa shape index (κ1) is 26.0. The zero-order valence-electron chi connectivity index (χ0n) is 18.8. The lowest BCUT2D eigenvalue weighted by molar-refractivity contribution is -0.190. The van der Waals surface area contributed by atoms with Crippen molar-refractivity contribution in [2.45, 2.75) is 63.0 Å². The highest BCUT2D eigenvalue weighted by Crippen LogP contribution is 2.43. The number of amides is 2. The van der Waals surface area contributed by atoms with Gasteiger partial charge in [-0.15, -0.1) is 0 Å². The third-order valence-electron chi connectivity index (χ3n) is 6.63. The fraction of sp³-hybridized carbons (Fsp3) is 0.583. The van der Waals surface area contributed by atoms with Crippen LogP contribution in [0.5, 0.6) is 0 Å². The molecule has 1 saturated heterocycles. The standard InChI is InChI=1S/C24H28ClF2N3O4/c1-23(34,18-4-2-3-5-19(18)25)24(26,27)20(31)12-16(10-14-6-7-14)22(33)30-17(13-28)11-15-8-9-29-21(15)32/h2-5,14-17,34H,6-12H2,1H3,(H,29,32)(H,30,33). The van der Waals surface area contributed by atoms with Gasteiger partial charge in [0.2, 0.25) is 17.6 Å². The van der Waals surface area contributed by atoms with Crippen molar-refractivity contribution >= 4 is 29.2 Å². The van der Waals surface area contributed by atoms with Gasteiger partial charge in [-0.25, -0.2) is 0 Å². The van der Waals surface area contributed by atoms with E-state index in [1.54, 1.807) is 0 Å². The first-order chi connectivity index (χ1) is 16.0. The summed E-state index contributed by atoms with van der Waals surface area (Å²) in [6, 6.07) is 6.45. The number of Topliss-reactive ketones (excluding diaryl/α,β-unsaturated/α-hetero) is 1. The fourth-order valence-corrected chi connectivity index (χ4v) is 4.60. The molecule has 184 valence electrons. The van der Waals surface area contributed by atoms with Crippen LogP contribution in [0.15, 0.2) is 24.3 Å². The molecule has 0 spiro atoms. The summed E-state index contributed by atoms with van der Waals surface area (Å²) in [4.78, 5) is 37.5. The van der Waals surface area contributed by atoms with Gasteiger partial charge < -0.3 is 15.7 Å². The zero-order valence-corrected chi connectivity index (χ0v) is 19.6. The zero-order chi connectivity index (χ0) is 25.1. The molecule has 2 fully saturated rings. The minimum absolute atomic E-state index is 0.107. The fourth-order valence-electron chi connectivity index (χ4n) is 4.28. The van der Waals surface area contributed by atoms with Crippen LogP contribution in [0.4, 0.5) is 8.78 Å². The molecular formula is C24H28ClF2N3O4. The van der Waals surface area contributed by atoms with Crippen molar-refractivity contribution in [2.75, 3.05) is 6.54 Å². The van der Waals surface area contributed by atoms with Gasteiger partial charge in [-0.2, -0.15) is 14.0 Å². The Morgan fingerprint density at radius 2 is 1.97 bits per heavy atom. The van der Waals surface area contributed by atoms with Crippen molar-refractivity contribution in [3.63, 3.8) is 0 Å². The Balaban J connectivity index is 1.72. The van der Waals surface area contributed by atoms with Gasteiger partial charge in [-0.1, -0.05) is 42.6 Å². The second-order valence-corrected chi connectivity index (χ2v) is 9.74. The number of nitrogens with one attached hydrogen (secondary N) is 2. The molecule has 0 bridgehead atoms. The van der Waals surface area contributed by atoms with Gasteiger partial charge in [0.25, 0.3) is 0 Å². The Hall–Kier alpha value is -2.57. The molecule has 1 heterocycles. The van der Waals surface area contributed by atoms with Gasteiger partial charge in [0.05, 0.1) is 6.07 Å². The van der Waals surface area contributed by atoms with E-state index in [9.17, 15) is 24.8 Å². The maximum Gasteiger partial charge on any atom is 0.337 e. The number of nitriles is 1. The molecule has 2 amide bonds. The van der Waals surface area contributed by atoms with Crippen molar-refractivity contribution in [3.8, 4) is 6.07 Å². The highest BCUT2D eigenvalue weighted by Gasteiger charge is 2.57. The number of carbonyl (C=O) groups excluding carboxylic acids is 3. The highest BCUT2D eigenvalue weighted by molar-refractivity contribution is 6.31. The maximum absolute atomic E-state index is 15.2. The molecule has 2 aliphatic rings. The van der Waals surface area contributed by atoms with Gasteiger partial charge in [0, 0.05) is 35.4 Å². The molecule has 1 aromatic rings. The largest absolute Gasteiger partial charge is 0.379 e. The number of benzene rings is 1. The summed E-state index contributed by atoms with van der Waals surface area (Å²) in [6.07, 6.45) is 1.74. The molecule has 4 unspecified atom stereocenters. The molecular weight excluding hydrogens is 468 g/mol. The summed E-state index contributed by atoms with van der Waals surface area (Å²) < 4.78 is 30.4. The van der Waals surface area contributed by atoms with Crippen molar-refractivity contribution in [1.82, 2.24) is 10.6 Å². The number of hydrogen-bond donors (Lipinski definition) is 3. The predicted molar refractivity (Wildman–Crippen MR) is 120 cm³/mol. The molecule has 1 aromatic carbocycles. The summed E-state index contributed by atoms with van der Waals surface area (Å²) in [5.41, 5.74) is -3.17. The lowest BCUT2D eigenvalue weighted by Gasteiger charge is -2.33. The van der Waals surface area contributed by atoms with Crippen LogP contribution in [0.3, 0.4) is 0 Å². The molecule has 34 heavy (non-hydrogen) atoms. The quantitative estimate of drug-likeness (QED) is 0.436. The minimum atomic E-state index is -4.21. The summed E-state index contributed by atoms with van der Waals surface area (Å²) in [5.74, 6) is -8.02. The van der Waals surface area contributed by atoms with Crippen LogP contribution in [-0.2, 0) is 20.0 Å². The second-order valence-electron chi connectivity index (χ2n) is 9.33. The van der Waals surface area contributed by atoms with E-state index in [1.165, 1.54) is 24.3 Å². The van der Waals surface area contributed by atoms with Gasteiger partial charge in [0.1, 0.15) is 6.04 Å². The Bertz CT molecular complexity index is 991. The molecule has 3 rings (SSSR count). The summed E-state index contributed by atoms with van der Waals surface area (Å²) in [6.45, 7) is 1.31. The lowest BCUT2D eigenvalue weighted by Crippen LogP contribution is -2.50. The monoisotopic (exact) mass is 495 g/mol. The first-order valence-electron chi connectivity index (χ1n) is 11.3. The van der Waals surface area contributed by atoms with Crippen LogP contribution in [-0.4, -0.2) is 41.2 Å². The van der Waals surface area contributed by atoms with Gasteiger partial charge in [-0.3, -0.25) is 14.4 Å².